The zero-order valence-corrected chi connectivity index (χ0v) is 11.3. The smallest absolute Gasteiger partial charge is 0.118 e. The Balaban J connectivity index is 1.74. The lowest BCUT2D eigenvalue weighted by Crippen LogP contribution is -2.21. The van der Waals surface area contributed by atoms with Gasteiger partial charge in [-0.05, 0) is 63.0 Å². The Hall–Kier alpha value is -1.06. The molecule has 0 aliphatic carbocycles. The maximum Gasteiger partial charge on any atom is 0.118 e. The van der Waals surface area contributed by atoms with E-state index >= 15 is 0 Å². The lowest BCUT2D eigenvalue weighted by Gasteiger charge is -2.17. The number of hydrogen-bond donors (Lipinski definition) is 1. The highest BCUT2D eigenvalue weighted by molar-refractivity contribution is 5.28. The molecule has 0 bridgehead atoms. The zero-order valence-electron chi connectivity index (χ0n) is 11.3. The van der Waals surface area contributed by atoms with Crippen LogP contribution in [0.25, 0.3) is 0 Å². The molecule has 18 heavy (non-hydrogen) atoms. The number of methoxy groups -OCH3 is 1. The topological polar surface area (TPSA) is 38.5 Å². The minimum atomic E-state index is 0.151. The second-order valence-corrected chi connectivity index (χ2v) is 5.07. The average molecular weight is 248 g/mol. The van der Waals surface area contributed by atoms with Crippen LogP contribution in [-0.4, -0.2) is 31.6 Å². The van der Waals surface area contributed by atoms with Gasteiger partial charge in [-0.1, -0.05) is 12.1 Å². The Bertz CT molecular complexity index is 344. The van der Waals surface area contributed by atoms with Gasteiger partial charge in [0.25, 0.3) is 0 Å². The van der Waals surface area contributed by atoms with Crippen molar-refractivity contribution in [3.05, 3.63) is 29.8 Å². The molecule has 1 atom stereocenters. The third-order valence-electron chi connectivity index (χ3n) is 3.73. The van der Waals surface area contributed by atoms with Crippen LogP contribution in [0.1, 0.15) is 37.3 Å². The summed E-state index contributed by atoms with van der Waals surface area (Å²) in [5.41, 5.74) is 7.42. The Morgan fingerprint density at radius 2 is 1.89 bits per heavy atom. The van der Waals surface area contributed by atoms with Gasteiger partial charge in [-0.3, -0.25) is 0 Å². The predicted octanol–water partition coefficient (Wildman–Crippen LogP) is 2.57. The average Bonchev–Trinajstić information content (AvgIpc) is 2.92. The maximum atomic E-state index is 6.21. The molecule has 1 fully saturated rings. The first-order chi connectivity index (χ1) is 8.79. The first kappa shape index (κ1) is 13.4. The molecular formula is C15H24N2O. The van der Waals surface area contributed by atoms with Crippen LogP contribution in [0.3, 0.4) is 0 Å². The molecule has 0 aromatic heterocycles. The highest BCUT2D eigenvalue weighted by atomic mass is 16.5. The molecule has 0 saturated carbocycles. The number of nitrogens with zero attached hydrogens (tertiary/aromatic N) is 1. The fraction of sp³-hybridized carbons (Fsp3) is 0.600. The van der Waals surface area contributed by atoms with E-state index in [2.05, 4.69) is 17.0 Å². The van der Waals surface area contributed by atoms with Gasteiger partial charge < -0.3 is 15.4 Å². The van der Waals surface area contributed by atoms with E-state index in [1.165, 1.54) is 44.5 Å². The van der Waals surface area contributed by atoms with Crippen molar-refractivity contribution in [2.24, 2.45) is 5.73 Å². The van der Waals surface area contributed by atoms with Crippen LogP contribution in [0.2, 0.25) is 0 Å². The normalized spacial score (nSPS) is 17.9. The summed E-state index contributed by atoms with van der Waals surface area (Å²) in [5, 5.41) is 0. The number of likely N-dealkylation sites (tertiary alicyclic amines) is 1. The van der Waals surface area contributed by atoms with E-state index in [1.807, 2.05) is 12.1 Å². The summed E-state index contributed by atoms with van der Waals surface area (Å²) in [5.74, 6) is 0.892. The first-order valence-corrected chi connectivity index (χ1v) is 6.91. The van der Waals surface area contributed by atoms with Crippen molar-refractivity contribution < 1.29 is 4.74 Å². The second kappa shape index (κ2) is 6.76. The lowest BCUT2D eigenvalue weighted by molar-refractivity contribution is 0.325. The molecule has 1 aliphatic heterocycles. The van der Waals surface area contributed by atoms with Crippen LogP contribution in [0, 0.1) is 0 Å². The summed E-state index contributed by atoms with van der Waals surface area (Å²) < 4.78 is 5.15. The van der Waals surface area contributed by atoms with Crippen LogP contribution in [0.15, 0.2) is 24.3 Å². The first-order valence-electron chi connectivity index (χ1n) is 6.91. The molecule has 3 nitrogen and oxygen atoms in total. The summed E-state index contributed by atoms with van der Waals surface area (Å²) in [6.07, 6.45) is 4.98. The highest BCUT2D eigenvalue weighted by Crippen LogP contribution is 2.20. The van der Waals surface area contributed by atoms with Crippen LogP contribution >= 0.6 is 0 Å². The monoisotopic (exact) mass is 248 g/mol. The summed E-state index contributed by atoms with van der Waals surface area (Å²) in [4.78, 5) is 2.54. The van der Waals surface area contributed by atoms with Crippen LogP contribution < -0.4 is 10.5 Å². The van der Waals surface area contributed by atoms with E-state index in [0.717, 1.165) is 12.2 Å². The minimum absolute atomic E-state index is 0.151. The van der Waals surface area contributed by atoms with E-state index in [4.69, 9.17) is 10.5 Å². The van der Waals surface area contributed by atoms with Crippen LogP contribution in [0.5, 0.6) is 5.75 Å². The minimum Gasteiger partial charge on any atom is -0.497 e. The fourth-order valence-electron chi connectivity index (χ4n) is 2.56. The SMILES string of the molecule is COc1ccc(C(N)CCCN2CCCC2)cc1. The van der Waals surface area contributed by atoms with Gasteiger partial charge >= 0.3 is 0 Å². The summed E-state index contributed by atoms with van der Waals surface area (Å²) in [7, 11) is 1.69. The Labute approximate surface area is 110 Å². The van der Waals surface area contributed by atoms with E-state index in [-0.39, 0.29) is 6.04 Å². The van der Waals surface area contributed by atoms with E-state index in [1.54, 1.807) is 7.11 Å². The van der Waals surface area contributed by atoms with Crippen molar-refractivity contribution in [1.82, 2.24) is 4.90 Å². The van der Waals surface area contributed by atoms with Crippen LogP contribution in [-0.2, 0) is 0 Å². The molecule has 2 N–H and O–H groups in total. The van der Waals surface area contributed by atoms with Gasteiger partial charge in [-0.25, -0.2) is 0 Å². The molecule has 1 heterocycles. The largest absolute Gasteiger partial charge is 0.497 e. The Kier molecular flexibility index (Phi) is 5.02. The molecule has 0 spiro atoms. The fourth-order valence-corrected chi connectivity index (χ4v) is 2.56. The molecular weight excluding hydrogens is 224 g/mol. The Morgan fingerprint density at radius 1 is 1.22 bits per heavy atom. The quantitative estimate of drug-likeness (QED) is 0.841. The lowest BCUT2D eigenvalue weighted by atomic mass is 10.0. The van der Waals surface area contributed by atoms with Crippen LogP contribution in [0.4, 0.5) is 0 Å². The molecule has 1 aromatic rings. The summed E-state index contributed by atoms with van der Waals surface area (Å²) >= 11 is 0. The zero-order chi connectivity index (χ0) is 12.8. The molecule has 0 amide bonds. The molecule has 0 radical (unpaired) electrons. The molecule has 1 aliphatic rings. The van der Waals surface area contributed by atoms with Crippen molar-refractivity contribution in [2.45, 2.75) is 31.7 Å². The number of ether oxygens (including phenoxy) is 1. The second-order valence-electron chi connectivity index (χ2n) is 5.07. The Morgan fingerprint density at radius 3 is 2.50 bits per heavy atom. The number of benzene rings is 1. The van der Waals surface area contributed by atoms with Gasteiger partial charge in [-0.15, -0.1) is 0 Å². The number of nitrogens with two attached hydrogens (primary N) is 1. The summed E-state index contributed by atoms with van der Waals surface area (Å²) in [6, 6.07) is 8.25. The van der Waals surface area contributed by atoms with E-state index in [9.17, 15) is 0 Å². The highest BCUT2D eigenvalue weighted by Gasteiger charge is 2.12. The molecule has 1 unspecified atom stereocenters. The molecule has 1 saturated heterocycles. The molecule has 2 rings (SSSR count). The summed E-state index contributed by atoms with van der Waals surface area (Å²) in [6.45, 7) is 3.75. The predicted molar refractivity (Wildman–Crippen MR) is 74.8 cm³/mol. The van der Waals surface area contributed by atoms with Gasteiger partial charge in [0.05, 0.1) is 7.11 Å². The van der Waals surface area contributed by atoms with E-state index < -0.39 is 0 Å². The van der Waals surface area contributed by atoms with Crippen molar-refractivity contribution in [1.29, 1.82) is 0 Å². The van der Waals surface area contributed by atoms with Gasteiger partial charge in [-0.2, -0.15) is 0 Å². The van der Waals surface area contributed by atoms with Crippen molar-refractivity contribution in [3.63, 3.8) is 0 Å². The molecule has 3 heteroatoms. The van der Waals surface area contributed by atoms with Gasteiger partial charge in [0.1, 0.15) is 5.75 Å². The molecule has 1 aromatic carbocycles. The third-order valence-corrected chi connectivity index (χ3v) is 3.73. The van der Waals surface area contributed by atoms with Crippen molar-refractivity contribution in [2.75, 3.05) is 26.7 Å². The van der Waals surface area contributed by atoms with Crippen molar-refractivity contribution in [3.8, 4) is 5.75 Å². The van der Waals surface area contributed by atoms with Gasteiger partial charge in [0.2, 0.25) is 0 Å². The standard InChI is InChI=1S/C15H24N2O/c1-18-14-8-6-13(7-9-14)15(16)5-4-12-17-10-2-3-11-17/h6-9,15H,2-5,10-12,16H2,1H3. The van der Waals surface area contributed by atoms with Gasteiger partial charge in [0, 0.05) is 6.04 Å². The molecule has 100 valence electrons. The van der Waals surface area contributed by atoms with Gasteiger partial charge in [0.15, 0.2) is 0 Å². The van der Waals surface area contributed by atoms with Crippen molar-refractivity contribution >= 4 is 0 Å². The number of rotatable bonds is 6. The maximum absolute atomic E-state index is 6.21. The third kappa shape index (κ3) is 3.72. The number of hydrogen-bond acceptors (Lipinski definition) is 3. The van der Waals surface area contributed by atoms with E-state index in [0.29, 0.717) is 0 Å².